The van der Waals surface area contributed by atoms with Gasteiger partial charge in [-0.25, -0.2) is 8.78 Å². The summed E-state index contributed by atoms with van der Waals surface area (Å²) in [5, 5.41) is 7.81. The van der Waals surface area contributed by atoms with E-state index in [2.05, 4.69) is 0 Å². The van der Waals surface area contributed by atoms with Crippen LogP contribution in [0.2, 0.25) is 5.02 Å². The number of ether oxygens (including phenoxy) is 1. The zero-order valence-electron chi connectivity index (χ0n) is 9.58. The predicted octanol–water partition coefficient (Wildman–Crippen LogP) is 3.69. The van der Waals surface area contributed by atoms with Crippen LogP contribution in [0.1, 0.15) is 5.56 Å². The molecule has 0 aliphatic heterocycles. The minimum Gasteiger partial charge on any atom is -0.456 e. The van der Waals surface area contributed by atoms with E-state index in [1.54, 1.807) is 6.07 Å². The van der Waals surface area contributed by atoms with E-state index in [0.717, 1.165) is 12.1 Å². The molecule has 2 rings (SSSR count). The molecular formula is C13H9ClF2N2O. The molecule has 19 heavy (non-hydrogen) atoms. The molecule has 0 fully saturated rings. The lowest BCUT2D eigenvalue weighted by Gasteiger charge is -2.10. The molecule has 0 radical (unpaired) electrons. The predicted molar refractivity (Wildman–Crippen MR) is 68.9 cm³/mol. The molecule has 0 aliphatic carbocycles. The molecule has 0 saturated heterocycles. The van der Waals surface area contributed by atoms with Crippen LogP contribution in [0.5, 0.6) is 11.5 Å². The Balaban J connectivity index is 2.37. The zero-order chi connectivity index (χ0) is 14.0. The Bertz CT molecular complexity index is 647. The molecule has 0 atom stereocenters. The van der Waals surface area contributed by atoms with Crippen LogP contribution in [-0.2, 0) is 0 Å². The molecule has 2 aromatic carbocycles. The van der Waals surface area contributed by atoms with Crippen molar-refractivity contribution in [2.45, 2.75) is 0 Å². The van der Waals surface area contributed by atoms with E-state index in [-0.39, 0.29) is 22.9 Å². The van der Waals surface area contributed by atoms with Gasteiger partial charge in [0.15, 0.2) is 11.6 Å². The lowest BCUT2D eigenvalue weighted by molar-refractivity contribution is 0.461. The molecular weight excluding hydrogens is 274 g/mol. The van der Waals surface area contributed by atoms with Gasteiger partial charge >= 0.3 is 0 Å². The molecule has 0 bridgehead atoms. The normalized spacial score (nSPS) is 10.3. The Hall–Kier alpha value is -2.14. The van der Waals surface area contributed by atoms with Crippen LogP contribution < -0.4 is 10.5 Å². The standard InChI is InChI=1S/C13H9ClF2N2O/c14-7-1-4-12(9(5-7)13(17)18)19-8-2-3-10(15)11(16)6-8/h1-6H,(H3,17,18). The second kappa shape index (κ2) is 5.24. The molecule has 2 aromatic rings. The maximum atomic E-state index is 13.1. The number of nitrogens with two attached hydrogens (primary N) is 1. The van der Waals surface area contributed by atoms with Crippen LogP contribution in [0, 0.1) is 17.0 Å². The van der Waals surface area contributed by atoms with Crippen molar-refractivity contribution in [2.24, 2.45) is 5.73 Å². The topological polar surface area (TPSA) is 59.1 Å². The van der Waals surface area contributed by atoms with E-state index in [0.29, 0.717) is 5.02 Å². The van der Waals surface area contributed by atoms with Gasteiger partial charge in [-0.05, 0) is 30.3 Å². The van der Waals surface area contributed by atoms with Gasteiger partial charge in [0.05, 0.1) is 5.56 Å². The fourth-order valence-corrected chi connectivity index (χ4v) is 1.64. The first-order chi connectivity index (χ1) is 8.97. The van der Waals surface area contributed by atoms with Gasteiger partial charge < -0.3 is 10.5 Å². The second-order valence-corrected chi connectivity index (χ2v) is 4.17. The van der Waals surface area contributed by atoms with Crippen molar-refractivity contribution in [3.63, 3.8) is 0 Å². The van der Waals surface area contributed by atoms with E-state index in [9.17, 15) is 8.78 Å². The van der Waals surface area contributed by atoms with E-state index in [1.807, 2.05) is 0 Å². The van der Waals surface area contributed by atoms with Gasteiger partial charge in [0.2, 0.25) is 0 Å². The highest BCUT2D eigenvalue weighted by molar-refractivity contribution is 6.31. The largest absolute Gasteiger partial charge is 0.456 e. The fourth-order valence-electron chi connectivity index (χ4n) is 1.47. The van der Waals surface area contributed by atoms with Gasteiger partial charge in [0.1, 0.15) is 17.3 Å². The summed E-state index contributed by atoms with van der Waals surface area (Å²) >= 11 is 5.79. The van der Waals surface area contributed by atoms with Gasteiger partial charge in [0.25, 0.3) is 0 Å². The highest BCUT2D eigenvalue weighted by Crippen LogP contribution is 2.28. The van der Waals surface area contributed by atoms with Crippen LogP contribution in [0.15, 0.2) is 36.4 Å². The Kier molecular flexibility index (Phi) is 3.66. The summed E-state index contributed by atoms with van der Waals surface area (Å²) in [7, 11) is 0. The zero-order valence-corrected chi connectivity index (χ0v) is 10.3. The maximum Gasteiger partial charge on any atom is 0.162 e. The maximum absolute atomic E-state index is 13.1. The first-order valence-electron chi connectivity index (χ1n) is 5.24. The number of halogens is 3. The lowest BCUT2D eigenvalue weighted by Crippen LogP contribution is -2.12. The number of nitrogen functional groups attached to an aromatic ring is 1. The van der Waals surface area contributed by atoms with Crippen molar-refractivity contribution in [3.05, 3.63) is 58.6 Å². The second-order valence-electron chi connectivity index (χ2n) is 3.73. The third kappa shape index (κ3) is 3.00. The molecule has 3 N–H and O–H groups in total. The average Bonchev–Trinajstić information content (AvgIpc) is 2.36. The van der Waals surface area contributed by atoms with Crippen LogP contribution in [0.3, 0.4) is 0 Å². The average molecular weight is 283 g/mol. The number of benzene rings is 2. The highest BCUT2D eigenvalue weighted by atomic mass is 35.5. The van der Waals surface area contributed by atoms with Crippen LogP contribution in [0.4, 0.5) is 8.78 Å². The molecule has 0 unspecified atom stereocenters. The molecule has 0 heterocycles. The first-order valence-corrected chi connectivity index (χ1v) is 5.62. The van der Waals surface area contributed by atoms with E-state index in [1.165, 1.54) is 18.2 Å². The Morgan fingerprint density at radius 1 is 1.11 bits per heavy atom. The number of nitrogens with one attached hydrogen (secondary N) is 1. The highest BCUT2D eigenvalue weighted by Gasteiger charge is 2.10. The molecule has 0 amide bonds. The Labute approximate surface area is 113 Å². The van der Waals surface area contributed by atoms with Gasteiger partial charge in [-0.15, -0.1) is 0 Å². The van der Waals surface area contributed by atoms with Crippen LogP contribution in [-0.4, -0.2) is 5.84 Å². The number of rotatable bonds is 3. The molecule has 3 nitrogen and oxygen atoms in total. The quantitative estimate of drug-likeness (QED) is 0.666. The number of amidine groups is 1. The number of hydrogen-bond acceptors (Lipinski definition) is 2. The fraction of sp³-hybridized carbons (Fsp3) is 0. The van der Waals surface area contributed by atoms with Crippen molar-refractivity contribution in [1.29, 1.82) is 5.41 Å². The Morgan fingerprint density at radius 2 is 1.84 bits per heavy atom. The van der Waals surface area contributed by atoms with E-state index >= 15 is 0 Å². The van der Waals surface area contributed by atoms with E-state index in [4.69, 9.17) is 27.5 Å². The third-order valence-electron chi connectivity index (χ3n) is 2.35. The summed E-state index contributed by atoms with van der Waals surface area (Å²) in [6.07, 6.45) is 0. The Morgan fingerprint density at radius 3 is 2.47 bits per heavy atom. The van der Waals surface area contributed by atoms with Crippen molar-refractivity contribution in [1.82, 2.24) is 0 Å². The lowest BCUT2D eigenvalue weighted by atomic mass is 10.2. The number of hydrogen-bond donors (Lipinski definition) is 2. The van der Waals surface area contributed by atoms with Gasteiger partial charge in [-0.1, -0.05) is 11.6 Å². The van der Waals surface area contributed by atoms with Crippen LogP contribution in [0.25, 0.3) is 0 Å². The SMILES string of the molecule is N=C(N)c1cc(Cl)ccc1Oc1ccc(F)c(F)c1. The molecule has 6 heteroatoms. The van der Waals surface area contributed by atoms with Crippen molar-refractivity contribution < 1.29 is 13.5 Å². The molecule has 0 aliphatic rings. The smallest absolute Gasteiger partial charge is 0.162 e. The van der Waals surface area contributed by atoms with Crippen LogP contribution >= 0.6 is 11.6 Å². The summed E-state index contributed by atoms with van der Waals surface area (Å²) in [5.74, 6) is -1.88. The monoisotopic (exact) mass is 282 g/mol. The third-order valence-corrected chi connectivity index (χ3v) is 2.59. The van der Waals surface area contributed by atoms with Gasteiger partial charge in [0, 0.05) is 11.1 Å². The minimum atomic E-state index is -1.02. The first kappa shape index (κ1) is 13.3. The van der Waals surface area contributed by atoms with Crippen molar-refractivity contribution in [2.75, 3.05) is 0 Å². The summed E-state index contributed by atoms with van der Waals surface area (Å²) in [6, 6.07) is 7.64. The summed E-state index contributed by atoms with van der Waals surface area (Å²) in [4.78, 5) is 0. The van der Waals surface area contributed by atoms with Gasteiger partial charge in [-0.3, -0.25) is 5.41 Å². The van der Waals surface area contributed by atoms with Gasteiger partial charge in [-0.2, -0.15) is 0 Å². The van der Waals surface area contributed by atoms with Crippen molar-refractivity contribution >= 4 is 17.4 Å². The summed E-state index contributed by atoms with van der Waals surface area (Å²) in [5.41, 5.74) is 5.68. The summed E-state index contributed by atoms with van der Waals surface area (Å²) in [6.45, 7) is 0. The van der Waals surface area contributed by atoms with Crippen molar-refractivity contribution in [3.8, 4) is 11.5 Å². The minimum absolute atomic E-state index is 0.101. The summed E-state index contributed by atoms with van der Waals surface area (Å²) < 4.78 is 31.2. The van der Waals surface area contributed by atoms with E-state index < -0.39 is 11.6 Å². The molecule has 0 aromatic heterocycles. The molecule has 98 valence electrons. The molecule has 0 saturated carbocycles. The molecule has 0 spiro atoms.